The lowest BCUT2D eigenvalue weighted by Gasteiger charge is -2.18. The van der Waals surface area contributed by atoms with Crippen LogP contribution >= 0.6 is 0 Å². The molecule has 0 aliphatic carbocycles. The second-order valence-electron chi connectivity index (χ2n) is 10.6. The van der Waals surface area contributed by atoms with E-state index in [1.54, 1.807) is 23.6 Å². The Morgan fingerprint density at radius 1 is 0.902 bits per heavy atom. The van der Waals surface area contributed by atoms with Crippen LogP contribution in [0.25, 0.3) is 21.8 Å². The number of alkyl halides is 3. The number of ether oxygens (including phenoxy) is 1. The van der Waals surface area contributed by atoms with Gasteiger partial charge in [-0.15, -0.1) is 0 Å². The summed E-state index contributed by atoms with van der Waals surface area (Å²) in [6, 6.07) is 7.01. The lowest BCUT2D eigenvalue weighted by atomic mass is 10.0. The summed E-state index contributed by atoms with van der Waals surface area (Å²) >= 11 is 0. The molecule has 6 rings (SSSR count). The third-order valence-corrected chi connectivity index (χ3v) is 7.08. The number of aromatic nitrogens is 2. The smallest absolute Gasteiger partial charge is 0.422 e. The quantitative estimate of drug-likeness (QED) is 0.315. The average molecular weight is 577 g/mol. The molecule has 41 heavy (non-hydrogen) atoms. The van der Waals surface area contributed by atoms with Gasteiger partial charge in [0.25, 0.3) is 11.8 Å². The maximum atomic E-state index is 13.7. The van der Waals surface area contributed by atoms with Crippen LogP contribution in [0, 0.1) is 24.5 Å². The fourth-order valence-electron chi connectivity index (χ4n) is 5.58. The lowest BCUT2D eigenvalue weighted by Crippen LogP contribution is -2.35. The van der Waals surface area contributed by atoms with Crippen molar-refractivity contribution in [3.8, 4) is 5.75 Å². The van der Waals surface area contributed by atoms with E-state index in [2.05, 4.69) is 24.5 Å². The van der Waals surface area contributed by atoms with Crippen molar-refractivity contribution >= 4 is 33.6 Å². The minimum absolute atomic E-state index is 0.0710. The molecule has 12 heteroatoms. The summed E-state index contributed by atoms with van der Waals surface area (Å²) in [6.45, 7) is 6.47. The van der Waals surface area contributed by atoms with E-state index in [0.717, 1.165) is 35.5 Å². The number of rotatable bonds is 4. The SMILES string of the molecule is CC(C)Cc1cc(F)cc2cc3n(c12)CCNC3=O.Cc1c2n(c3c(OCC(F)(F)F)cc(F)cc13)CCNC2=O. The lowest BCUT2D eigenvalue weighted by molar-refractivity contribution is -0.153. The normalized spacial score (nSPS) is 14.9. The fourth-order valence-corrected chi connectivity index (χ4v) is 5.58. The number of benzene rings is 2. The summed E-state index contributed by atoms with van der Waals surface area (Å²) in [7, 11) is 0. The molecule has 0 atom stereocenters. The minimum atomic E-state index is -4.53. The van der Waals surface area contributed by atoms with E-state index in [-0.39, 0.29) is 23.4 Å². The zero-order valence-corrected chi connectivity index (χ0v) is 22.7. The third-order valence-electron chi connectivity index (χ3n) is 7.08. The Kier molecular flexibility index (Phi) is 7.43. The van der Waals surface area contributed by atoms with Gasteiger partial charge in [0.05, 0.1) is 11.0 Å². The molecule has 4 aromatic rings. The van der Waals surface area contributed by atoms with Crippen LogP contribution in [0.2, 0.25) is 0 Å². The van der Waals surface area contributed by atoms with Gasteiger partial charge in [0.15, 0.2) is 6.61 Å². The molecule has 2 aromatic heterocycles. The number of carbonyl (C=O) groups is 2. The summed E-state index contributed by atoms with van der Waals surface area (Å²) in [5, 5.41) is 6.68. The van der Waals surface area contributed by atoms with Gasteiger partial charge in [-0.1, -0.05) is 13.8 Å². The number of amides is 2. The van der Waals surface area contributed by atoms with Crippen molar-refractivity contribution in [1.29, 1.82) is 0 Å². The number of carbonyl (C=O) groups excluding carboxylic acids is 2. The molecule has 218 valence electrons. The number of nitrogens with zero attached hydrogens (tertiary/aromatic N) is 2. The third kappa shape index (κ3) is 5.59. The first kappa shape index (κ1) is 28.4. The molecule has 0 saturated carbocycles. The van der Waals surface area contributed by atoms with Crippen LogP contribution in [-0.4, -0.2) is 46.8 Å². The van der Waals surface area contributed by atoms with E-state index in [0.29, 0.717) is 53.4 Å². The van der Waals surface area contributed by atoms with Crippen molar-refractivity contribution in [3.05, 3.63) is 64.5 Å². The fraction of sp³-hybridized carbons (Fsp3) is 0.379. The Hall–Kier alpha value is -4.09. The van der Waals surface area contributed by atoms with Crippen LogP contribution in [0.1, 0.15) is 46.0 Å². The zero-order chi connectivity index (χ0) is 29.6. The first-order valence-corrected chi connectivity index (χ1v) is 13.2. The van der Waals surface area contributed by atoms with E-state index < -0.39 is 18.6 Å². The van der Waals surface area contributed by atoms with Crippen LogP contribution in [0.4, 0.5) is 22.0 Å². The first-order chi connectivity index (χ1) is 19.3. The van der Waals surface area contributed by atoms with E-state index in [1.165, 1.54) is 12.1 Å². The molecule has 2 aromatic carbocycles. The van der Waals surface area contributed by atoms with Gasteiger partial charge in [0.1, 0.15) is 28.8 Å². The van der Waals surface area contributed by atoms with Gasteiger partial charge in [0.2, 0.25) is 0 Å². The maximum absolute atomic E-state index is 13.7. The predicted molar refractivity (Wildman–Crippen MR) is 143 cm³/mol. The molecular weight excluding hydrogens is 547 g/mol. The highest BCUT2D eigenvalue weighted by molar-refractivity contribution is 6.04. The van der Waals surface area contributed by atoms with Gasteiger partial charge in [-0.3, -0.25) is 9.59 Å². The van der Waals surface area contributed by atoms with Crippen molar-refractivity contribution in [2.24, 2.45) is 5.92 Å². The Balaban J connectivity index is 0.000000166. The summed E-state index contributed by atoms with van der Waals surface area (Å²) in [5.41, 5.74) is 3.79. The summed E-state index contributed by atoms with van der Waals surface area (Å²) in [4.78, 5) is 23.8. The van der Waals surface area contributed by atoms with E-state index in [1.807, 2.05) is 4.57 Å². The van der Waals surface area contributed by atoms with E-state index in [4.69, 9.17) is 4.74 Å². The molecule has 7 nitrogen and oxygen atoms in total. The summed E-state index contributed by atoms with van der Waals surface area (Å²) in [6.07, 6.45) is -3.71. The first-order valence-electron chi connectivity index (χ1n) is 13.2. The number of aryl methyl sites for hydroxylation is 1. The summed E-state index contributed by atoms with van der Waals surface area (Å²) in [5.74, 6) is -1.10. The van der Waals surface area contributed by atoms with Crippen LogP contribution < -0.4 is 15.4 Å². The second kappa shape index (κ2) is 10.7. The summed E-state index contributed by atoms with van der Waals surface area (Å²) < 4.78 is 72.8. The van der Waals surface area contributed by atoms with Crippen molar-refractivity contribution in [3.63, 3.8) is 0 Å². The van der Waals surface area contributed by atoms with Crippen LogP contribution in [-0.2, 0) is 19.5 Å². The Morgan fingerprint density at radius 2 is 1.56 bits per heavy atom. The molecule has 2 aliphatic rings. The van der Waals surface area contributed by atoms with Crippen molar-refractivity contribution < 1.29 is 36.3 Å². The predicted octanol–water partition coefficient (Wildman–Crippen LogP) is 5.50. The highest BCUT2D eigenvalue weighted by atomic mass is 19.4. The Morgan fingerprint density at radius 3 is 2.24 bits per heavy atom. The Bertz CT molecular complexity index is 1670. The second-order valence-corrected chi connectivity index (χ2v) is 10.6. The Labute approximate surface area is 232 Å². The minimum Gasteiger partial charge on any atom is -0.482 e. The van der Waals surface area contributed by atoms with E-state index >= 15 is 0 Å². The van der Waals surface area contributed by atoms with Gasteiger partial charge >= 0.3 is 6.18 Å². The van der Waals surface area contributed by atoms with Crippen LogP contribution in [0.3, 0.4) is 0 Å². The molecule has 0 radical (unpaired) electrons. The van der Waals surface area contributed by atoms with Crippen LogP contribution in [0.5, 0.6) is 5.75 Å². The molecule has 0 fully saturated rings. The van der Waals surface area contributed by atoms with Gasteiger partial charge in [-0.05, 0) is 54.7 Å². The molecule has 2 N–H and O–H groups in total. The number of hydrogen-bond acceptors (Lipinski definition) is 3. The largest absolute Gasteiger partial charge is 0.482 e. The van der Waals surface area contributed by atoms with Gasteiger partial charge in [-0.25, -0.2) is 8.78 Å². The maximum Gasteiger partial charge on any atom is 0.422 e. The number of nitrogens with one attached hydrogen (secondary N) is 2. The monoisotopic (exact) mass is 576 g/mol. The molecule has 0 saturated heterocycles. The standard InChI is InChI=1S/C15H17FN2O.C14H12F4N2O2/c1-9(2)5-10-6-12(16)7-11-8-13-15(19)17-3-4-18(13)14(10)11;1-7-9-4-8(15)5-10(22-6-14(16,17)18)12(9)20-3-2-19-13(21)11(7)20/h6-9H,3-5H2,1-2H3,(H,17,19);4-5H,2-3,6H2,1H3,(H,19,21). The molecule has 2 amide bonds. The number of hydrogen-bond donors (Lipinski definition) is 2. The van der Waals surface area contributed by atoms with Crippen molar-refractivity contribution in [2.75, 3.05) is 19.7 Å². The van der Waals surface area contributed by atoms with Crippen molar-refractivity contribution in [1.82, 2.24) is 19.8 Å². The van der Waals surface area contributed by atoms with Gasteiger partial charge < -0.3 is 24.5 Å². The van der Waals surface area contributed by atoms with Gasteiger partial charge in [0, 0.05) is 43.0 Å². The molecular formula is C29H29F5N4O3. The zero-order valence-electron chi connectivity index (χ0n) is 22.7. The molecule has 0 bridgehead atoms. The number of halogens is 5. The van der Waals surface area contributed by atoms with Gasteiger partial charge in [-0.2, -0.15) is 13.2 Å². The molecule has 2 aliphatic heterocycles. The topological polar surface area (TPSA) is 77.3 Å². The molecule has 0 spiro atoms. The van der Waals surface area contributed by atoms with Crippen LogP contribution in [0.15, 0.2) is 30.3 Å². The molecule has 0 unspecified atom stereocenters. The van der Waals surface area contributed by atoms with Crippen molar-refractivity contribution in [2.45, 2.75) is 46.5 Å². The van der Waals surface area contributed by atoms with E-state index in [9.17, 15) is 31.5 Å². The number of fused-ring (bicyclic) bond motifs is 6. The molecule has 4 heterocycles. The highest BCUT2D eigenvalue weighted by Gasteiger charge is 2.31. The highest BCUT2D eigenvalue weighted by Crippen LogP contribution is 2.35. The average Bonchev–Trinajstić information content (AvgIpc) is 3.39.